The fraction of sp³-hybridized carbons (Fsp3) is 0.462. The molecular weight excluding hydrogens is 219 g/mol. The first kappa shape index (κ1) is 13.5. The standard InChI is InChI=1S/C13H17FN2O/c1-13(2,16(3)4)9-17-12-6-5-10(8-15)7-11(12)14/h5-7H,9H2,1-4H3. The lowest BCUT2D eigenvalue weighted by Gasteiger charge is -2.32. The molecule has 1 aromatic rings. The van der Waals surface area contributed by atoms with E-state index < -0.39 is 5.82 Å². The number of halogens is 1. The molecule has 17 heavy (non-hydrogen) atoms. The van der Waals surface area contributed by atoms with Gasteiger partial charge in [-0.05, 0) is 46.1 Å². The minimum Gasteiger partial charge on any atom is -0.489 e. The van der Waals surface area contributed by atoms with E-state index in [-0.39, 0.29) is 11.3 Å². The van der Waals surface area contributed by atoms with E-state index in [9.17, 15) is 4.39 Å². The summed E-state index contributed by atoms with van der Waals surface area (Å²) in [5, 5.41) is 8.62. The van der Waals surface area contributed by atoms with Crippen molar-refractivity contribution in [3.8, 4) is 11.8 Å². The molecule has 0 spiro atoms. The molecule has 0 aliphatic rings. The summed E-state index contributed by atoms with van der Waals surface area (Å²) in [6, 6.07) is 6.09. The Kier molecular flexibility index (Phi) is 4.08. The molecule has 0 amide bonds. The van der Waals surface area contributed by atoms with Crippen LogP contribution < -0.4 is 4.74 Å². The Hall–Kier alpha value is -1.60. The van der Waals surface area contributed by atoms with Gasteiger partial charge in [-0.3, -0.25) is 0 Å². The topological polar surface area (TPSA) is 36.3 Å². The van der Waals surface area contributed by atoms with E-state index in [4.69, 9.17) is 10.00 Å². The molecule has 0 aliphatic carbocycles. The third-order valence-electron chi connectivity index (χ3n) is 2.85. The highest BCUT2D eigenvalue weighted by molar-refractivity contribution is 5.36. The van der Waals surface area contributed by atoms with Gasteiger partial charge in [0.1, 0.15) is 6.61 Å². The Labute approximate surface area is 101 Å². The van der Waals surface area contributed by atoms with Crippen molar-refractivity contribution in [1.29, 1.82) is 5.26 Å². The number of ether oxygens (including phenoxy) is 1. The Morgan fingerprint density at radius 3 is 2.53 bits per heavy atom. The predicted octanol–water partition coefficient (Wildman–Crippen LogP) is 2.42. The van der Waals surface area contributed by atoms with Crippen LogP contribution in [0.1, 0.15) is 19.4 Å². The van der Waals surface area contributed by atoms with Crippen LogP contribution in [0, 0.1) is 17.1 Å². The molecule has 3 nitrogen and oxygen atoms in total. The molecule has 0 atom stereocenters. The maximum Gasteiger partial charge on any atom is 0.166 e. The predicted molar refractivity (Wildman–Crippen MR) is 64.4 cm³/mol. The molecule has 0 heterocycles. The summed E-state index contributed by atoms with van der Waals surface area (Å²) in [5.74, 6) is -0.322. The molecule has 0 aromatic heterocycles. The summed E-state index contributed by atoms with van der Waals surface area (Å²) < 4.78 is 19.0. The number of likely N-dealkylation sites (N-methyl/N-ethyl adjacent to an activating group) is 1. The Morgan fingerprint density at radius 2 is 2.06 bits per heavy atom. The second kappa shape index (κ2) is 5.15. The molecule has 92 valence electrons. The normalized spacial score (nSPS) is 11.4. The average Bonchev–Trinajstić information content (AvgIpc) is 2.27. The molecule has 0 unspecified atom stereocenters. The third-order valence-corrected chi connectivity index (χ3v) is 2.85. The van der Waals surface area contributed by atoms with E-state index in [1.54, 1.807) is 6.07 Å². The number of nitrogens with zero attached hydrogens (tertiary/aromatic N) is 2. The number of benzene rings is 1. The second-order valence-corrected chi connectivity index (χ2v) is 4.75. The first-order valence-electron chi connectivity index (χ1n) is 5.37. The van der Waals surface area contributed by atoms with Gasteiger partial charge in [0.25, 0.3) is 0 Å². The van der Waals surface area contributed by atoms with E-state index in [1.807, 2.05) is 38.9 Å². The molecule has 0 saturated carbocycles. The van der Waals surface area contributed by atoms with Crippen LogP contribution in [0.25, 0.3) is 0 Å². The van der Waals surface area contributed by atoms with Gasteiger partial charge in [-0.1, -0.05) is 0 Å². The summed E-state index contributed by atoms with van der Waals surface area (Å²) in [7, 11) is 3.89. The van der Waals surface area contributed by atoms with Crippen molar-refractivity contribution in [2.75, 3.05) is 20.7 Å². The van der Waals surface area contributed by atoms with Crippen molar-refractivity contribution in [1.82, 2.24) is 4.90 Å². The van der Waals surface area contributed by atoms with Gasteiger partial charge in [0.05, 0.1) is 11.6 Å². The zero-order valence-corrected chi connectivity index (χ0v) is 10.6. The lowest BCUT2D eigenvalue weighted by molar-refractivity contribution is 0.111. The van der Waals surface area contributed by atoms with Crippen LogP contribution >= 0.6 is 0 Å². The van der Waals surface area contributed by atoms with Crippen molar-refractivity contribution in [3.05, 3.63) is 29.6 Å². The van der Waals surface area contributed by atoms with Crippen molar-refractivity contribution in [3.63, 3.8) is 0 Å². The van der Waals surface area contributed by atoms with Gasteiger partial charge in [0, 0.05) is 5.54 Å². The van der Waals surface area contributed by atoms with Crippen molar-refractivity contribution in [2.45, 2.75) is 19.4 Å². The van der Waals surface area contributed by atoms with Crippen molar-refractivity contribution < 1.29 is 9.13 Å². The third kappa shape index (κ3) is 3.43. The molecule has 0 bridgehead atoms. The van der Waals surface area contributed by atoms with Gasteiger partial charge >= 0.3 is 0 Å². The largest absolute Gasteiger partial charge is 0.489 e. The van der Waals surface area contributed by atoms with Gasteiger partial charge in [0.15, 0.2) is 11.6 Å². The monoisotopic (exact) mass is 236 g/mol. The Morgan fingerprint density at radius 1 is 1.41 bits per heavy atom. The fourth-order valence-electron chi connectivity index (χ4n) is 1.07. The van der Waals surface area contributed by atoms with Crippen LogP contribution in [0.5, 0.6) is 5.75 Å². The van der Waals surface area contributed by atoms with Crippen LogP contribution in [0.3, 0.4) is 0 Å². The molecule has 4 heteroatoms. The van der Waals surface area contributed by atoms with E-state index in [0.29, 0.717) is 12.2 Å². The first-order valence-corrected chi connectivity index (χ1v) is 5.37. The summed E-state index contributed by atoms with van der Waals surface area (Å²) >= 11 is 0. The van der Waals surface area contributed by atoms with Gasteiger partial charge in [0.2, 0.25) is 0 Å². The van der Waals surface area contributed by atoms with Gasteiger partial charge in [-0.2, -0.15) is 5.26 Å². The first-order chi connectivity index (χ1) is 7.86. The van der Waals surface area contributed by atoms with Crippen LogP contribution in [-0.2, 0) is 0 Å². The average molecular weight is 236 g/mol. The number of rotatable bonds is 4. The minimum atomic E-state index is -0.501. The lowest BCUT2D eigenvalue weighted by Crippen LogP contribution is -2.43. The second-order valence-electron chi connectivity index (χ2n) is 4.75. The highest BCUT2D eigenvalue weighted by Gasteiger charge is 2.21. The Bertz CT molecular complexity index is 436. The lowest BCUT2D eigenvalue weighted by atomic mass is 10.1. The molecule has 1 aromatic carbocycles. The van der Waals surface area contributed by atoms with Crippen molar-refractivity contribution in [2.24, 2.45) is 0 Å². The van der Waals surface area contributed by atoms with Gasteiger partial charge in [-0.25, -0.2) is 4.39 Å². The molecule has 0 N–H and O–H groups in total. The van der Waals surface area contributed by atoms with Crippen LogP contribution in [-0.4, -0.2) is 31.1 Å². The SMILES string of the molecule is CN(C)C(C)(C)COc1ccc(C#N)cc1F. The maximum absolute atomic E-state index is 13.5. The smallest absolute Gasteiger partial charge is 0.166 e. The molecule has 1 rings (SSSR count). The van der Waals surface area contributed by atoms with E-state index in [1.165, 1.54) is 12.1 Å². The summed E-state index contributed by atoms with van der Waals surface area (Å²) in [5.41, 5.74) is 0.113. The van der Waals surface area contributed by atoms with E-state index >= 15 is 0 Å². The molecule has 0 saturated heterocycles. The van der Waals surface area contributed by atoms with Crippen LogP contribution in [0.2, 0.25) is 0 Å². The Balaban J connectivity index is 2.74. The molecular formula is C13H17FN2O. The van der Waals surface area contributed by atoms with E-state index in [0.717, 1.165) is 0 Å². The van der Waals surface area contributed by atoms with Crippen molar-refractivity contribution >= 4 is 0 Å². The maximum atomic E-state index is 13.5. The number of nitriles is 1. The molecule has 0 fully saturated rings. The molecule has 0 aliphatic heterocycles. The quantitative estimate of drug-likeness (QED) is 0.805. The van der Waals surface area contributed by atoms with E-state index in [2.05, 4.69) is 0 Å². The van der Waals surface area contributed by atoms with Crippen LogP contribution in [0.4, 0.5) is 4.39 Å². The number of hydrogen-bond acceptors (Lipinski definition) is 3. The molecule has 0 radical (unpaired) electrons. The summed E-state index contributed by atoms with van der Waals surface area (Å²) in [4.78, 5) is 2.01. The fourth-order valence-corrected chi connectivity index (χ4v) is 1.07. The summed E-state index contributed by atoms with van der Waals surface area (Å²) in [6.45, 7) is 4.39. The highest BCUT2D eigenvalue weighted by atomic mass is 19.1. The minimum absolute atomic E-state index is 0.180. The summed E-state index contributed by atoms with van der Waals surface area (Å²) in [6.07, 6.45) is 0. The van der Waals surface area contributed by atoms with Gasteiger partial charge < -0.3 is 9.64 Å². The zero-order chi connectivity index (χ0) is 13.1. The van der Waals surface area contributed by atoms with Gasteiger partial charge in [-0.15, -0.1) is 0 Å². The van der Waals surface area contributed by atoms with Crippen LogP contribution in [0.15, 0.2) is 18.2 Å². The highest BCUT2D eigenvalue weighted by Crippen LogP contribution is 2.20. The zero-order valence-electron chi connectivity index (χ0n) is 10.6. The number of hydrogen-bond donors (Lipinski definition) is 0.